The summed E-state index contributed by atoms with van der Waals surface area (Å²) < 4.78 is 28.4. The number of nitrogens with zero attached hydrogens (tertiary/aromatic N) is 4. The molecule has 0 bridgehead atoms. The van der Waals surface area contributed by atoms with Crippen molar-refractivity contribution < 1.29 is 13.6 Å². The van der Waals surface area contributed by atoms with E-state index in [9.17, 15) is 18.4 Å². The van der Waals surface area contributed by atoms with E-state index < -0.39 is 11.6 Å². The summed E-state index contributed by atoms with van der Waals surface area (Å²) in [5.41, 5.74) is 0.478. The zero-order chi connectivity index (χ0) is 20.4. The van der Waals surface area contributed by atoms with Crippen LogP contribution in [0.4, 0.5) is 14.5 Å². The molecule has 0 aliphatic carbocycles. The molecule has 0 spiro atoms. The predicted molar refractivity (Wildman–Crippen MR) is 106 cm³/mol. The van der Waals surface area contributed by atoms with Crippen LogP contribution >= 0.6 is 11.3 Å². The molecule has 0 saturated carbocycles. The molecule has 1 aliphatic rings. The summed E-state index contributed by atoms with van der Waals surface area (Å²) in [6, 6.07) is 4.50. The third-order valence-corrected chi connectivity index (χ3v) is 5.53. The lowest BCUT2D eigenvalue weighted by atomic mass is 10.2. The highest BCUT2D eigenvalue weighted by atomic mass is 32.1. The molecule has 10 heteroatoms. The maximum Gasteiger partial charge on any atom is 0.258 e. The lowest BCUT2D eigenvalue weighted by Gasteiger charge is -2.34. The topological polar surface area (TPSA) is 70.0 Å². The maximum atomic E-state index is 13.6. The fraction of sp³-hybridized carbons (Fsp3) is 0.316. The first-order valence-electron chi connectivity index (χ1n) is 9.13. The van der Waals surface area contributed by atoms with E-state index in [1.807, 2.05) is 10.3 Å². The summed E-state index contributed by atoms with van der Waals surface area (Å²) in [6.45, 7) is 3.40. The fourth-order valence-electron chi connectivity index (χ4n) is 3.29. The minimum absolute atomic E-state index is 0.0915. The third kappa shape index (κ3) is 4.66. The number of halogens is 2. The van der Waals surface area contributed by atoms with Crippen LogP contribution in [0, 0.1) is 11.6 Å². The van der Waals surface area contributed by atoms with E-state index in [2.05, 4.69) is 15.2 Å². The summed E-state index contributed by atoms with van der Waals surface area (Å²) in [4.78, 5) is 33.5. The third-order valence-electron chi connectivity index (χ3n) is 4.78. The largest absolute Gasteiger partial charge is 0.322 e. The zero-order valence-electron chi connectivity index (χ0n) is 15.5. The first-order valence-corrected chi connectivity index (χ1v) is 10.0. The van der Waals surface area contributed by atoms with E-state index in [1.54, 1.807) is 12.3 Å². The Labute approximate surface area is 169 Å². The molecule has 1 aromatic carbocycles. The maximum absolute atomic E-state index is 13.6. The first-order chi connectivity index (χ1) is 14.0. The molecule has 1 aliphatic heterocycles. The van der Waals surface area contributed by atoms with Crippen LogP contribution in [0.25, 0.3) is 4.96 Å². The number of aromatic nitrogens is 2. The highest BCUT2D eigenvalue weighted by Gasteiger charge is 2.20. The lowest BCUT2D eigenvalue weighted by Crippen LogP contribution is -2.48. The number of hydrogen-bond acceptors (Lipinski definition) is 6. The number of piperazine rings is 1. The monoisotopic (exact) mass is 419 g/mol. The van der Waals surface area contributed by atoms with Gasteiger partial charge in [0.1, 0.15) is 11.6 Å². The van der Waals surface area contributed by atoms with Crippen molar-refractivity contribution in [1.82, 2.24) is 19.2 Å². The number of nitrogens with one attached hydrogen (secondary N) is 1. The molecule has 1 fully saturated rings. The first kappa shape index (κ1) is 19.6. The number of anilines is 1. The Bertz CT molecular complexity index is 1090. The van der Waals surface area contributed by atoms with Gasteiger partial charge in [-0.1, -0.05) is 0 Å². The highest BCUT2D eigenvalue weighted by molar-refractivity contribution is 7.15. The van der Waals surface area contributed by atoms with Crippen molar-refractivity contribution >= 4 is 27.9 Å². The average molecular weight is 419 g/mol. The van der Waals surface area contributed by atoms with Crippen molar-refractivity contribution in [3.8, 4) is 0 Å². The molecule has 0 radical (unpaired) electrons. The van der Waals surface area contributed by atoms with Gasteiger partial charge in [0.25, 0.3) is 5.56 Å². The number of carbonyl (C=O) groups excluding carboxylic acids is 1. The zero-order valence-corrected chi connectivity index (χ0v) is 16.3. The van der Waals surface area contributed by atoms with Crippen molar-refractivity contribution in [3.63, 3.8) is 0 Å². The minimum Gasteiger partial charge on any atom is -0.322 e. The molecule has 1 amide bonds. The van der Waals surface area contributed by atoms with Crippen molar-refractivity contribution in [2.45, 2.75) is 6.54 Å². The van der Waals surface area contributed by atoms with Crippen LogP contribution in [0.5, 0.6) is 0 Å². The molecule has 0 unspecified atom stereocenters. The standard InChI is InChI=1S/C19H19F2N5O2S/c20-13-1-2-15(21)16(9-13)23-17(27)12-25-5-3-24(4-6-25)11-14-10-18(28)26-7-8-29-19(26)22-14/h1-2,7-10H,3-6,11-12H2,(H,23,27). The second kappa shape index (κ2) is 8.36. The summed E-state index contributed by atoms with van der Waals surface area (Å²) in [5, 5.41) is 4.24. The van der Waals surface area contributed by atoms with Gasteiger partial charge in [0, 0.05) is 56.4 Å². The Morgan fingerprint density at radius 1 is 1.14 bits per heavy atom. The lowest BCUT2D eigenvalue weighted by molar-refractivity contribution is -0.117. The quantitative estimate of drug-likeness (QED) is 0.683. The van der Waals surface area contributed by atoms with Crippen molar-refractivity contribution in [1.29, 1.82) is 0 Å². The summed E-state index contributed by atoms with van der Waals surface area (Å²) in [5.74, 6) is -1.67. The highest BCUT2D eigenvalue weighted by Crippen LogP contribution is 2.15. The summed E-state index contributed by atoms with van der Waals surface area (Å²) >= 11 is 1.42. The van der Waals surface area contributed by atoms with Gasteiger partial charge >= 0.3 is 0 Å². The minimum atomic E-state index is -0.671. The molecule has 1 saturated heterocycles. The molecule has 152 valence electrons. The molecule has 2 aromatic heterocycles. The number of rotatable bonds is 5. The Kier molecular flexibility index (Phi) is 5.65. The average Bonchev–Trinajstić information content (AvgIpc) is 3.15. The van der Waals surface area contributed by atoms with E-state index in [4.69, 9.17) is 0 Å². The number of benzene rings is 1. The van der Waals surface area contributed by atoms with E-state index >= 15 is 0 Å². The van der Waals surface area contributed by atoms with Gasteiger partial charge in [-0.2, -0.15) is 0 Å². The Balaban J connectivity index is 1.29. The predicted octanol–water partition coefficient (Wildman–Crippen LogP) is 1.79. The smallest absolute Gasteiger partial charge is 0.258 e. The molecule has 3 heterocycles. The normalized spacial score (nSPS) is 15.7. The van der Waals surface area contributed by atoms with Crippen LogP contribution in [-0.4, -0.2) is 57.8 Å². The number of carbonyl (C=O) groups is 1. The number of hydrogen-bond donors (Lipinski definition) is 1. The van der Waals surface area contributed by atoms with Gasteiger partial charge in [-0.05, 0) is 12.1 Å². The Hall–Kier alpha value is -2.69. The van der Waals surface area contributed by atoms with Gasteiger partial charge in [0.2, 0.25) is 5.91 Å². The van der Waals surface area contributed by atoms with Gasteiger partial charge in [-0.3, -0.25) is 23.8 Å². The van der Waals surface area contributed by atoms with Gasteiger partial charge in [0.05, 0.1) is 17.9 Å². The van der Waals surface area contributed by atoms with E-state index in [-0.39, 0.29) is 23.7 Å². The van der Waals surface area contributed by atoms with Gasteiger partial charge in [0.15, 0.2) is 4.96 Å². The van der Waals surface area contributed by atoms with E-state index in [0.717, 1.165) is 23.9 Å². The van der Waals surface area contributed by atoms with Crippen LogP contribution in [0.3, 0.4) is 0 Å². The fourth-order valence-corrected chi connectivity index (χ4v) is 4.03. The molecular formula is C19H19F2N5O2S. The van der Waals surface area contributed by atoms with Crippen molar-refractivity contribution in [2.24, 2.45) is 0 Å². The van der Waals surface area contributed by atoms with Gasteiger partial charge in [-0.25, -0.2) is 13.8 Å². The van der Waals surface area contributed by atoms with Crippen LogP contribution in [0.2, 0.25) is 0 Å². The molecule has 29 heavy (non-hydrogen) atoms. The van der Waals surface area contributed by atoms with Crippen LogP contribution in [0.1, 0.15) is 5.69 Å². The van der Waals surface area contributed by atoms with Gasteiger partial charge in [-0.15, -0.1) is 11.3 Å². The molecule has 7 nitrogen and oxygen atoms in total. The number of fused-ring (bicyclic) bond motifs is 1. The molecule has 3 aromatic rings. The molecule has 4 rings (SSSR count). The summed E-state index contributed by atoms with van der Waals surface area (Å²) in [7, 11) is 0. The second-order valence-electron chi connectivity index (χ2n) is 6.87. The van der Waals surface area contributed by atoms with Crippen LogP contribution in [-0.2, 0) is 11.3 Å². The molecular weight excluding hydrogens is 400 g/mol. The van der Waals surface area contributed by atoms with E-state index in [1.165, 1.54) is 15.7 Å². The molecule has 1 N–H and O–H groups in total. The van der Waals surface area contributed by atoms with Crippen LogP contribution in [0.15, 0.2) is 40.6 Å². The number of amides is 1. The van der Waals surface area contributed by atoms with E-state index in [0.29, 0.717) is 37.7 Å². The summed E-state index contributed by atoms with van der Waals surface area (Å²) in [6.07, 6.45) is 1.71. The number of thiazole rings is 1. The SMILES string of the molecule is O=C(CN1CCN(Cc2cc(=O)n3ccsc3n2)CC1)Nc1cc(F)ccc1F. The van der Waals surface area contributed by atoms with Gasteiger partial charge < -0.3 is 5.32 Å². The Morgan fingerprint density at radius 2 is 1.90 bits per heavy atom. The second-order valence-corrected chi connectivity index (χ2v) is 7.74. The Morgan fingerprint density at radius 3 is 2.69 bits per heavy atom. The van der Waals surface area contributed by atoms with Crippen molar-refractivity contribution in [3.05, 3.63) is 63.5 Å². The van der Waals surface area contributed by atoms with Crippen LogP contribution < -0.4 is 10.9 Å². The van der Waals surface area contributed by atoms with Crippen molar-refractivity contribution in [2.75, 3.05) is 38.0 Å². The molecule has 0 atom stereocenters.